The molecule has 0 fully saturated rings. The first-order valence-corrected chi connectivity index (χ1v) is 5.74. The van der Waals surface area contributed by atoms with Crippen molar-refractivity contribution in [2.24, 2.45) is 0 Å². The Morgan fingerprint density at radius 2 is 2.22 bits per heavy atom. The average Bonchev–Trinajstić information content (AvgIpc) is 2.78. The fourth-order valence-corrected chi connectivity index (χ4v) is 1.91. The Bertz CT molecular complexity index is 430. The molecule has 0 aromatic carbocycles. The van der Waals surface area contributed by atoms with Gasteiger partial charge in [-0.2, -0.15) is 11.3 Å². The van der Waals surface area contributed by atoms with Crippen LogP contribution in [0.3, 0.4) is 0 Å². The zero-order valence-corrected chi connectivity index (χ0v) is 13.2. The molecule has 0 aliphatic carbocycles. The SMILES string of the molecule is COC(=O)/C=C(\C)NC(C(=O)[O-])c1ccsc1.[Na+]. The molecular weight excluding hydrogens is 265 g/mol. The third-order valence-electron chi connectivity index (χ3n) is 2.02. The van der Waals surface area contributed by atoms with E-state index >= 15 is 0 Å². The van der Waals surface area contributed by atoms with Gasteiger partial charge >= 0.3 is 35.5 Å². The van der Waals surface area contributed by atoms with E-state index in [1.807, 2.05) is 0 Å². The van der Waals surface area contributed by atoms with Crippen LogP contribution in [0.15, 0.2) is 28.6 Å². The summed E-state index contributed by atoms with van der Waals surface area (Å²) in [5.74, 6) is -1.79. The first-order chi connectivity index (χ1) is 8.04. The largest absolute Gasteiger partial charge is 1.00 e. The van der Waals surface area contributed by atoms with E-state index in [2.05, 4.69) is 10.1 Å². The summed E-state index contributed by atoms with van der Waals surface area (Å²) in [5, 5.41) is 17.1. The van der Waals surface area contributed by atoms with Gasteiger partial charge in [0.05, 0.1) is 19.1 Å². The molecule has 1 rings (SSSR count). The second-order valence-electron chi connectivity index (χ2n) is 3.30. The molecular formula is C11H12NNaO4S. The second kappa shape index (κ2) is 8.31. The number of thiophene rings is 1. The molecule has 0 aliphatic rings. The van der Waals surface area contributed by atoms with Gasteiger partial charge in [0.15, 0.2) is 0 Å². The normalized spacial score (nSPS) is 12.2. The van der Waals surface area contributed by atoms with Crippen LogP contribution in [0.5, 0.6) is 0 Å². The van der Waals surface area contributed by atoms with Crippen molar-refractivity contribution in [1.29, 1.82) is 0 Å². The second-order valence-corrected chi connectivity index (χ2v) is 4.08. The number of methoxy groups -OCH3 is 1. The first kappa shape index (κ1) is 17.2. The third-order valence-corrected chi connectivity index (χ3v) is 2.72. The van der Waals surface area contributed by atoms with Gasteiger partial charge in [-0.25, -0.2) is 4.79 Å². The summed E-state index contributed by atoms with van der Waals surface area (Å²) in [5.41, 5.74) is 0.991. The number of carboxylic acids is 1. The number of carbonyl (C=O) groups excluding carboxylic acids is 2. The molecule has 1 atom stereocenters. The van der Waals surface area contributed by atoms with Crippen molar-refractivity contribution in [2.75, 3.05) is 7.11 Å². The zero-order valence-electron chi connectivity index (χ0n) is 10.4. The van der Waals surface area contributed by atoms with Gasteiger partial charge in [0.2, 0.25) is 0 Å². The number of esters is 1. The number of rotatable bonds is 5. The molecule has 0 radical (unpaired) electrons. The number of carbonyl (C=O) groups is 2. The van der Waals surface area contributed by atoms with Crippen molar-refractivity contribution in [3.8, 4) is 0 Å². The van der Waals surface area contributed by atoms with Crippen molar-refractivity contribution in [3.63, 3.8) is 0 Å². The fraction of sp³-hybridized carbons (Fsp3) is 0.273. The summed E-state index contributed by atoms with van der Waals surface area (Å²) in [7, 11) is 1.25. The molecule has 1 heterocycles. The number of hydrogen-bond acceptors (Lipinski definition) is 6. The Labute approximate surface area is 131 Å². The van der Waals surface area contributed by atoms with Crippen LogP contribution in [0.25, 0.3) is 0 Å². The van der Waals surface area contributed by atoms with Crippen LogP contribution in [0.1, 0.15) is 18.5 Å². The minimum atomic E-state index is -1.25. The summed E-state index contributed by atoms with van der Waals surface area (Å²) < 4.78 is 4.44. The Kier molecular flexibility index (Phi) is 7.93. The number of ether oxygens (including phenoxy) is 1. The molecule has 0 amide bonds. The standard InChI is InChI=1S/C11H13NO4S.Na/c1-7(5-9(13)16-2)12-10(11(14)15)8-3-4-17-6-8;/h3-6,10,12H,1-2H3,(H,14,15);/q;+1/p-1/b7-5+;. The molecule has 1 aromatic heterocycles. The Morgan fingerprint density at radius 3 is 2.67 bits per heavy atom. The molecule has 0 spiro atoms. The molecule has 0 saturated heterocycles. The van der Waals surface area contributed by atoms with Gasteiger partial charge in [-0.05, 0) is 29.3 Å². The van der Waals surface area contributed by atoms with E-state index in [0.29, 0.717) is 11.3 Å². The third kappa shape index (κ3) is 5.22. The molecule has 1 unspecified atom stereocenters. The maximum absolute atomic E-state index is 11.0. The number of aliphatic carboxylic acids is 1. The summed E-state index contributed by atoms with van der Waals surface area (Å²) in [6.07, 6.45) is 1.18. The van der Waals surface area contributed by atoms with Crippen LogP contribution in [-0.4, -0.2) is 19.0 Å². The van der Waals surface area contributed by atoms with Crippen molar-refractivity contribution in [3.05, 3.63) is 34.2 Å². The first-order valence-electron chi connectivity index (χ1n) is 4.80. The summed E-state index contributed by atoms with van der Waals surface area (Å²) in [6, 6.07) is 0.714. The Morgan fingerprint density at radius 1 is 1.56 bits per heavy atom. The Hall–Kier alpha value is -0.820. The van der Waals surface area contributed by atoms with Crippen LogP contribution in [0, 0.1) is 0 Å². The van der Waals surface area contributed by atoms with Crippen LogP contribution in [-0.2, 0) is 14.3 Å². The predicted octanol–water partition coefficient (Wildman–Crippen LogP) is -2.79. The van der Waals surface area contributed by atoms with Gasteiger partial charge in [0.1, 0.15) is 0 Å². The van der Waals surface area contributed by atoms with Crippen molar-refractivity contribution in [2.45, 2.75) is 13.0 Å². The van der Waals surface area contributed by atoms with Crippen molar-refractivity contribution >= 4 is 23.3 Å². The van der Waals surface area contributed by atoms with Gasteiger partial charge in [-0.3, -0.25) is 0 Å². The maximum Gasteiger partial charge on any atom is 1.00 e. The Balaban J connectivity index is 0.00000289. The average molecular weight is 277 g/mol. The van der Waals surface area contributed by atoms with Gasteiger partial charge in [0.25, 0.3) is 0 Å². The van der Waals surface area contributed by atoms with Crippen molar-refractivity contribution in [1.82, 2.24) is 5.32 Å². The van der Waals surface area contributed by atoms with Crippen LogP contribution >= 0.6 is 11.3 Å². The number of carboxylic acid groups (broad SMARTS) is 1. The summed E-state index contributed by atoms with van der Waals surface area (Å²) >= 11 is 1.39. The fourth-order valence-electron chi connectivity index (χ4n) is 1.22. The molecule has 0 saturated carbocycles. The molecule has 0 bridgehead atoms. The summed E-state index contributed by atoms with van der Waals surface area (Å²) in [6.45, 7) is 1.58. The maximum atomic E-state index is 11.0. The van der Waals surface area contributed by atoms with E-state index in [9.17, 15) is 14.7 Å². The molecule has 5 nitrogen and oxygen atoms in total. The molecule has 1 aromatic rings. The quantitative estimate of drug-likeness (QED) is 0.357. The van der Waals surface area contributed by atoms with Crippen LogP contribution in [0.2, 0.25) is 0 Å². The van der Waals surface area contributed by atoms with Crippen LogP contribution in [0.4, 0.5) is 0 Å². The number of hydrogen-bond donors (Lipinski definition) is 1. The molecule has 18 heavy (non-hydrogen) atoms. The van der Waals surface area contributed by atoms with E-state index in [0.717, 1.165) is 0 Å². The minimum absolute atomic E-state index is 0. The smallest absolute Gasteiger partial charge is 0.548 e. The number of nitrogens with one attached hydrogen (secondary N) is 1. The van der Waals surface area contributed by atoms with E-state index < -0.39 is 18.0 Å². The molecule has 92 valence electrons. The van der Waals surface area contributed by atoms with E-state index in [4.69, 9.17) is 0 Å². The molecule has 0 aliphatic heterocycles. The summed E-state index contributed by atoms with van der Waals surface area (Å²) in [4.78, 5) is 21.9. The van der Waals surface area contributed by atoms with Gasteiger partial charge < -0.3 is 20.0 Å². The van der Waals surface area contributed by atoms with E-state index in [1.54, 1.807) is 23.8 Å². The van der Waals surface area contributed by atoms with E-state index in [-0.39, 0.29) is 29.6 Å². The van der Waals surface area contributed by atoms with E-state index in [1.165, 1.54) is 24.5 Å². The van der Waals surface area contributed by atoms with Crippen LogP contribution < -0.4 is 40.0 Å². The minimum Gasteiger partial charge on any atom is -0.548 e. The molecule has 1 N–H and O–H groups in total. The van der Waals surface area contributed by atoms with Gasteiger partial charge in [0, 0.05) is 11.8 Å². The predicted molar refractivity (Wildman–Crippen MR) is 61.0 cm³/mol. The topological polar surface area (TPSA) is 78.5 Å². The number of allylic oxidation sites excluding steroid dienone is 1. The van der Waals surface area contributed by atoms with Gasteiger partial charge in [-0.1, -0.05) is 0 Å². The molecule has 7 heteroatoms. The van der Waals surface area contributed by atoms with Gasteiger partial charge in [-0.15, -0.1) is 0 Å². The van der Waals surface area contributed by atoms with Crippen molar-refractivity contribution < 1.29 is 49.0 Å². The monoisotopic (exact) mass is 277 g/mol. The zero-order chi connectivity index (χ0) is 12.8.